The van der Waals surface area contributed by atoms with Crippen LogP contribution in [0.2, 0.25) is 0 Å². The number of nitrogens with zero attached hydrogens (tertiary/aromatic N) is 4. The van der Waals surface area contributed by atoms with Crippen molar-refractivity contribution in [3.8, 4) is 5.75 Å². The van der Waals surface area contributed by atoms with E-state index in [9.17, 15) is 14.7 Å². The molecule has 1 amide bonds. The number of piperazine rings is 2. The molecule has 0 saturated carbocycles. The van der Waals surface area contributed by atoms with Gasteiger partial charge in [0, 0.05) is 69.9 Å². The minimum absolute atomic E-state index is 0.0826. The largest absolute Gasteiger partial charge is 0.508 e. The quantitative estimate of drug-likeness (QED) is 0.160. The fourth-order valence-electron chi connectivity index (χ4n) is 7.28. The van der Waals surface area contributed by atoms with Gasteiger partial charge in [0.1, 0.15) is 5.75 Å². The van der Waals surface area contributed by atoms with Crippen LogP contribution in [0.15, 0.2) is 78.9 Å². The van der Waals surface area contributed by atoms with E-state index in [-0.39, 0.29) is 29.7 Å². The van der Waals surface area contributed by atoms with E-state index in [1.54, 1.807) is 6.07 Å². The van der Waals surface area contributed by atoms with E-state index in [0.29, 0.717) is 19.1 Å². The molecular formula is C40H54N4O4. The lowest BCUT2D eigenvalue weighted by Crippen LogP contribution is -2.56. The monoisotopic (exact) mass is 654 g/mol. The van der Waals surface area contributed by atoms with E-state index in [2.05, 4.69) is 77.1 Å². The number of hydrogen-bond donors (Lipinski definition) is 1. The molecule has 2 fully saturated rings. The number of carbonyl (C=O) groups excluding carboxylic acids is 2. The first-order valence-corrected chi connectivity index (χ1v) is 17.9. The molecule has 5 rings (SSSR count). The van der Waals surface area contributed by atoms with Crippen LogP contribution in [0.3, 0.4) is 0 Å². The Morgan fingerprint density at radius 2 is 1.52 bits per heavy atom. The van der Waals surface area contributed by atoms with Gasteiger partial charge in [0.2, 0.25) is 0 Å². The Bertz CT molecular complexity index is 1460. The van der Waals surface area contributed by atoms with Crippen LogP contribution in [0.1, 0.15) is 86.0 Å². The van der Waals surface area contributed by atoms with Crippen LogP contribution in [0.25, 0.3) is 0 Å². The third-order valence-corrected chi connectivity index (χ3v) is 9.93. The van der Waals surface area contributed by atoms with E-state index >= 15 is 0 Å². The SMILES string of the molecule is CCOC(=O)CCCCCCN1CCN(C(=O)c2cccc(C(c3cccc(O)c3)N3C[C@@H](C)N(Cc4ccccc4)C[C@H]3C)c2)CC1. The minimum Gasteiger partial charge on any atom is -0.508 e. The van der Waals surface area contributed by atoms with Crippen molar-refractivity contribution in [1.82, 2.24) is 19.6 Å². The van der Waals surface area contributed by atoms with E-state index in [1.165, 1.54) is 5.56 Å². The summed E-state index contributed by atoms with van der Waals surface area (Å²) in [6.07, 6.45) is 4.64. The second-order valence-corrected chi connectivity index (χ2v) is 13.5. The highest BCUT2D eigenvalue weighted by Gasteiger charge is 2.35. The molecule has 2 aliphatic rings. The van der Waals surface area contributed by atoms with Crippen molar-refractivity contribution in [3.05, 3.63) is 101 Å². The molecule has 2 saturated heterocycles. The number of phenolic OH excluding ortho intramolecular Hbond substituents is 1. The molecule has 1 N–H and O–H groups in total. The van der Waals surface area contributed by atoms with Gasteiger partial charge in [0.25, 0.3) is 5.91 Å². The van der Waals surface area contributed by atoms with Gasteiger partial charge >= 0.3 is 5.97 Å². The van der Waals surface area contributed by atoms with E-state index in [4.69, 9.17) is 4.74 Å². The molecule has 0 aromatic heterocycles. The van der Waals surface area contributed by atoms with Crippen LogP contribution >= 0.6 is 0 Å². The fourth-order valence-corrected chi connectivity index (χ4v) is 7.28. The second kappa shape index (κ2) is 17.6. The maximum atomic E-state index is 13.8. The molecule has 8 nitrogen and oxygen atoms in total. The van der Waals surface area contributed by atoms with Crippen molar-refractivity contribution in [3.63, 3.8) is 0 Å². The zero-order valence-corrected chi connectivity index (χ0v) is 29.1. The lowest BCUT2D eigenvalue weighted by atomic mass is 9.92. The van der Waals surface area contributed by atoms with Gasteiger partial charge in [-0.1, -0.05) is 67.4 Å². The zero-order valence-electron chi connectivity index (χ0n) is 29.1. The first-order valence-electron chi connectivity index (χ1n) is 17.9. The molecule has 1 unspecified atom stereocenters. The number of carbonyl (C=O) groups is 2. The summed E-state index contributed by atoms with van der Waals surface area (Å²) in [6, 6.07) is 26.9. The summed E-state index contributed by atoms with van der Waals surface area (Å²) in [6.45, 7) is 13.8. The predicted octanol–water partition coefficient (Wildman–Crippen LogP) is 6.35. The smallest absolute Gasteiger partial charge is 0.305 e. The summed E-state index contributed by atoms with van der Waals surface area (Å²) in [7, 11) is 0. The number of phenols is 1. The van der Waals surface area contributed by atoms with Crippen molar-refractivity contribution in [1.29, 1.82) is 0 Å². The lowest BCUT2D eigenvalue weighted by Gasteiger charge is -2.47. The van der Waals surface area contributed by atoms with Crippen LogP contribution in [-0.4, -0.2) is 101 Å². The summed E-state index contributed by atoms with van der Waals surface area (Å²) < 4.78 is 5.01. The Hall–Kier alpha value is -3.72. The number of amides is 1. The van der Waals surface area contributed by atoms with Crippen molar-refractivity contribution in [2.75, 3.05) is 52.4 Å². The van der Waals surface area contributed by atoms with Crippen LogP contribution < -0.4 is 0 Å². The summed E-state index contributed by atoms with van der Waals surface area (Å²) in [4.78, 5) is 34.9. The van der Waals surface area contributed by atoms with Gasteiger partial charge in [-0.3, -0.25) is 24.3 Å². The minimum atomic E-state index is -0.0970. The third-order valence-electron chi connectivity index (χ3n) is 9.93. The van der Waals surface area contributed by atoms with Gasteiger partial charge in [0.15, 0.2) is 0 Å². The zero-order chi connectivity index (χ0) is 33.9. The number of esters is 1. The summed E-state index contributed by atoms with van der Waals surface area (Å²) in [5.41, 5.74) is 4.15. The summed E-state index contributed by atoms with van der Waals surface area (Å²) in [5.74, 6) is 0.238. The van der Waals surface area contributed by atoms with Crippen LogP contribution in [-0.2, 0) is 16.1 Å². The number of hydrogen-bond acceptors (Lipinski definition) is 7. The van der Waals surface area contributed by atoms with Crippen LogP contribution in [0.4, 0.5) is 0 Å². The van der Waals surface area contributed by atoms with Crippen molar-refractivity contribution >= 4 is 11.9 Å². The molecule has 8 heteroatoms. The molecule has 0 bridgehead atoms. The van der Waals surface area contributed by atoms with Gasteiger partial charge < -0.3 is 14.7 Å². The highest BCUT2D eigenvalue weighted by Crippen LogP contribution is 2.35. The van der Waals surface area contributed by atoms with Gasteiger partial charge in [-0.15, -0.1) is 0 Å². The molecule has 0 aliphatic carbocycles. The molecule has 0 spiro atoms. The maximum Gasteiger partial charge on any atom is 0.305 e. The van der Waals surface area contributed by atoms with Gasteiger partial charge in [-0.2, -0.15) is 0 Å². The van der Waals surface area contributed by atoms with Crippen LogP contribution in [0.5, 0.6) is 5.75 Å². The van der Waals surface area contributed by atoms with Gasteiger partial charge in [-0.25, -0.2) is 0 Å². The van der Waals surface area contributed by atoms with E-state index in [1.807, 2.05) is 36.1 Å². The van der Waals surface area contributed by atoms with E-state index < -0.39 is 0 Å². The van der Waals surface area contributed by atoms with E-state index in [0.717, 1.165) is 94.7 Å². The number of rotatable bonds is 14. The highest BCUT2D eigenvalue weighted by molar-refractivity contribution is 5.94. The Morgan fingerprint density at radius 3 is 2.25 bits per heavy atom. The standard InChI is InChI=1S/C40H54N4O4/c1-4-48-38(46)20-10-5-6-11-21-41-22-24-42(25-23-41)40(47)36-18-12-16-34(26-36)39(35-17-13-19-37(45)27-35)44-29-31(2)43(28-32(44)3)30-33-14-8-7-9-15-33/h7-9,12-19,26-27,31-32,39,45H,4-6,10-11,20-25,28-30H2,1-3H3/t31-,32-,39?/m1/s1. The normalized spacial score (nSPS) is 20.0. The Labute approximate surface area is 287 Å². The van der Waals surface area contributed by atoms with Crippen molar-refractivity contribution < 1.29 is 19.4 Å². The molecule has 258 valence electrons. The number of unbranched alkanes of at least 4 members (excludes halogenated alkanes) is 3. The van der Waals surface area contributed by atoms with Crippen molar-refractivity contribution in [2.24, 2.45) is 0 Å². The molecule has 3 atom stereocenters. The summed E-state index contributed by atoms with van der Waals surface area (Å²) in [5, 5.41) is 10.5. The molecule has 0 radical (unpaired) electrons. The first kappa shape index (κ1) is 35.6. The van der Waals surface area contributed by atoms with Gasteiger partial charge in [-0.05, 0) is 81.1 Å². The number of ether oxygens (including phenoxy) is 1. The molecule has 48 heavy (non-hydrogen) atoms. The molecule has 3 aromatic carbocycles. The molecule has 2 aliphatic heterocycles. The Balaban J connectivity index is 1.21. The highest BCUT2D eigenvalue weighted by atomic mass is 16.5. The first-order chi connectivity index (χ1) is 23.3. The molecule has 3 aromatic rings. The van der Waals surface area contributed by atoms with Gasteiger partial charge in [0.05, 0.1) is 12.6 Å². The number of benzene rings is 3. The fraction of sp³-hybridized carbons (Fsp3) is 0.500. The Morgan fingerprint density at radius 1 is 0.812 bits per heavy atom. The topological polar surface area (TPSA) is 76.6 Å². The lowest BCUT2D eigenvalue weighted by molar-refractivity contribution is -0.143. The third kappa shape index (κ3) is 9.68. The number of aromatic hydroxyl groups is 1. The van der Waals surface area contributed by atoms with Crippen LogP contribution in [0, 0.1) is 0 Å². The van der Waals surface area contributed by atoms with Crippen molar-refractivity contribution in [2.45, 2.75) is 77.5 Å². The summed E-state index contributed by atoms with van der Waals surface area (Å²) >= 11 is 0. The predicted molar refractivity (Wildman–Crippen MR) is 191 cm³/mol. The molecule has 2 heterocycles. The average Bonchev–Trinajstić information content (AvgIpc) is 3.09. The average molecular weight is 655 g/mol. The maximum absolute atomic E-state index is 13.8. The second-order valence-electron chi connectivity index (χ2n) is 13.5. The molecular weight excluding hydrogens is 600 g/mol. The Kier molecular flexibility index (Phi) is 13.1.